The SMILES string of the molecule is CCNC(=NCc1ccccc1CN1CC(C)OC(C)C1)NC(C)CC. The Morgan fingerprint density at radius 2 is 1.85 bits per heavy atom. The van der Waals surface area contributed by atoms with E-state index in [1.165, 1.54) is 11.1 Å². The Bertz CT molecular complexity index is 565. The quantitative estimate of drug-likeness (QED) is 0.579. The van der Waals surface area contributed by atoms with Gasteiger partial charge >= 0.3 is 0 Å². The van der Waals surface area contributed by atoms with Crippen LogP contribution >= 0.6 is 0 Å². The van der Waals surface area contributed by atoms with Crippen LogP contribution in [0.2, 0.25) is 0 Å². The van der Waals surface area contributed by atoms with Gasteiger partial charge in [-0.15, -0.1) is 0 Å². The fourth-order valence-electron chi connectivity index (χ4n) is 3.34. The largest absolute Gasteiger partial charge is 0.373 e. The highest BCUT2D eigenvalue weighted by atomic mass is 16.5. The van der Waals surface area contributed by atoms with E-state index in [4.69, 9.17) is 9.73 Å². The van der Waals surface area contributed by atoms with Crippen LogP contribution in [0.5, 0.6) is 0 Å². The highest BCUT2D eigenvalue weighted by Gasteiger charge is 2.22. The normalized spacial score (nSPS) is 22.9. The molecule has 5 heteroatoms. The second kappa shape index (κ2) is 10.5. The molecule has 146 valence electrons. The maximum absolute atomic E-state index is 5.86. The Labute approximate surface area is 159 Å². The van der Waals surface area contributed by atoms with Crippen LogP contribution in [0.4, 0.5) is 0 Å². The molecule has 0 aromatic heterocycles. The molecule has 0 saturated carbocycles. The predicted molar refractivity (Wildman–Crippen MR) is 109 cm³/mol. The van der Waals surface area contributed by atoms with Crippen molar-refractivity contribution >= 4 is 5.96 Å². The predicted octanol–water partition coefficient (Wildman–Crippen LogP) is 3.15. The Morgan fingerprint density at radius 1 is 1.19 bits per heavy atom. The number of hydrogen-bond donors (Lipinski definition) is 2. The third kappa shape index (κ3) is 6.61. The van der Waals surface area contributed by atoms with Crippen LogP contribution in [0.3, 0.4) is 0 Å². The maximum Gasteiger partial charge on any atom is 0.191 e. The molecule has 1 fully saturated rings. The van der Waals surface area contributed by atoms with Crippen molar-refractivity contribution in [2.24, 2.45) is 4.99 Å². The molecule has 1 aliphatic rings. The molecule has 2 rings (SSSR count). The van der Waals surface area contributed by atoms with Crippen LogP contribution in [0.15, 0.2) is 29.3 Å². The lowest BCUT2D eigenvalue weighted by molar-refractivity contribution is -0.0705. The van der Waals surface area contributed by atoms with E-state index in [9.17, 15) is 0 Å². The summed E-state index contributed by atoms with van der Waals surface area (Å²) in [6.07, 6.45) is 1.67. The van der Waals surface area contributed by atoms with E-state index in [2.05, 4.69) is 74.4 Å². The van der Waals surface area contributed by atoms with E-state index in [1.807, 2.05) is 0 Å². The highest BCUT2D eigenvalue weighted by Crippen LogP contribution is 2.17. The minimum Gasteiger partial charge on any atom is -0.373 e. The zero-order valence-electron chi connectivity index (χ0n) is 17.1. The van der Waals surface area contributed by atoms with Gasteiger partial charge < -0.3 is 15.4 Å². The molecule has 26 heavy (non-hydrogen) atoms. The first-order valence-electron chi connectivity index (χ1n) is 10.0. The summed E-state index contributed by atoms with van der Waals surface area (Å²) in [7, 11) is 0. The van der Waals surface area contributed by atoms with E-state index in [-0.39, 0.29) is 0 Å². The molecule has 1 aromatic carbocycles. The third-order valence-electron chi connectivity index (χ3n) is 4.75. The molecular weight excluding hydrogens is 324 g/mol. The Kier molecular flexibility index (Phi) is 8.39. The summed E-state index contributed by atoms with van der Waals surface area (Å²) in [6.45, 7) is 15.3. The van der Waals surface area contributed by atoms with Crippen LogP contribution < -0.4 is 10.6 Å². The average molecular weight is 361 g/mol. The molecule has 0 bridgehead atoms. The fraction of sp³-hybridized carbons (Fsp3) is 0.667. The topological polar surface area (TPSA) is 48.9 Å². The van der Waals surface area contributed by atoms with E-state index in [0.29, 0.717) is 24.8 Å². The molecule has 3 atom stereocenters. The summed E-state index contributed by atoms with van der Waals surface area (Å²) >= 11 is 0. The first kappa shape index (κ1) is 20.7. The standard InChI is InChI=1S/C21H36N4O/c1-6-16(3)24-21(22-7-2)23-12-19-10-8-9-11-20(19)15-25-13-17(4)26-18(5)14-25/h8-11,16-18H,6-7,12-15H2,1-5H3,(H2,22,23,24). The summed E-state index contributed by atoms with van der Waals surface area (Å²) in [4.78, 5) is 7.30. The van der Waals surface area contributed by atoms with Gasteiger partial charge in [-0.25, -0.2) is 4.99 Å². The molecule has 0 aliphatic carbocycles. The Hall–Kier alpha value is -1.59. The van der Waals surface area contributed by atoms with Crippen molar-refractivity contribution in [1.29, 1.82) is 0 Å². The monoisotopic (exact) mass is 360 g/mol. The van der Waals surface area contributed by atoms with Crippen molar-refractivity contribution in [1.82, 2.24) is 15.5 Å². The number of nitrogens with one attached hydrogen (secondary N) is 2. The van der Waals surface area contributed by atoms with Gasteiger partial charge in [-0.05, 0) is 45.2 Å². The first-order valence-corrected chi connectivity index (χ1v) is 10.0. The summed E-state index contributed by atoms with van der Waals surface area (Å²) in [6, 6.07) is 9.06. The summed E-state index contributed by atoms with van der Waals surface area (Å²) < 4.78 is 5.86. The molecule has 0 radical (unpaired) electrons. The van der Waals surface area contributed by atoms with Crippen molar-refractivity contribution in [3.8, 4) is 0 Å². The molecule has 1 saturated heterocycles. The van der Waals surface area contributed by atoms with Gasteiger partial charge in [0.25, 0.3) is 0 Å². The highest BCUT2D eigenvalue weighted by molar-refractivity contribution is 5.80. The maximum atomic E-state index is 5.86. The number of ether oxygens (including phenoxy) is 1. The van der Waals surface area contributed by atoms with Crippen LogP contribution in [0.25, 0.3) is 0 Å². The van der Waals surface area contributed by atoms with Crippen molar-refractivity contribution in [2.75, 3.05) is 19.6 Å². The number of guanidine groups is 1. The smallest absolute Gasteiger partial charge is 0.191 e. The lowest BCUT2D eigenvalue weighted by Crippen LogP contribution is -2.45. The van der Waals surface area contributed by atoms with Crippen LogP contribution in [0.1, 0.15) is 52.2 Å². The molecule has 5 nitrogen and oxygen atoms in total. The van der Waals surface area contributed by atoms with Gasteiger partial charge in [0, 0.05) is 32.2 Å². The van der Waals surface area contributed by atoms with E-state index in [0.717, 1.165) is 38.6 Å². The number of benzene rings is 1. The van der Waals surface area contributed by atoms with Gasteiger partial charge in [0.2, 0.25) is 0 Å². The summed E-state index contributed by atoms with van der Waals surface area (Å²) in [5.74, 6) is 0.894. The van der Waals surface area contributed by atoms with E-state index in [1.54, 1.807) is 0 Å². The minimum atomic E-state index is 0.295. The van der Waals surface area contributed by atoms with Crippen molar-refractivity contribution in [3.63, 3.8) is 0 Å². The number of hydrogen-bond acceptors (Lipinski definition) is 3. The van der Waals surface area contributed by atoms with Crippen LogP contribution in [0, 0.1) is 0 Å². The lowest BCUT2D eigenvalue weighted by atomic mass is 10.1. The second-order valence-electron chi connectivity index (χ2n) is 7.37. The van der Waals surface area contributed by atoms with Crippen LogP contribution in [-0.2, 0) is 17.8 Å². The van der Waals surface area contributed by atoms with Crippen LogP contribution in [-0.4, -0.2) is 48.7 Å². The number of nitrogens with zero attached hydrogens (tertiary/aromatic N) is 2. The van der Waals surface area contributed by atoms with Crippen molar-refractivity contribution in [3.05, 3.63) is 35.4 Å². The molecule has 2 N–H and O–H groups in total. The summed E-state index contributed by atoms with van der Waals surface area (Å²) in [5.41, 5.74) is 2.65. The fourth-order valence-corrected chi connectivity index (χ4v) is 3.34. The lowest BCUT2D eigenvalue weighted by Gasteiger charge is -2.35. The van der Waals surface area contributed by atoms with E-state index < -0.39 is 0 Å². The van der Waals surface area contributed by atoms with Crippen molar-refractivity contribution < 1.29 is 4.74 Å². The molecule has 1 heterocycles. The average Bonchev–Trinajstić information content (AvgIpc) is 2.60. The zero-order valence-corrected chi connectivity index (χ0v) is 17.1. The van der Waals surface area contributed by atoms with E-state index >= 15 is 0 Å². The molecule has 3 unspecified atom stereocenters. The Morgan fingerprint density at radius 3 is 2.46 bits per heavy atom. The van der Waals surface area contributed by atoms with Gasteiger partial charge in [-0.1, -0.05) is 31.2 Å². The number of morpholine rings is 1. The van der Waals surface area contributed by atoms with Gasteiger partial charge in [0.05, 0.1) is 18.8 Å². The molecule has 1 aliphatic heterocycles. The van der Waals surface area contributed by atoms with Gasteiger partial charge in [-0.2, -0.15) is 0 Å². The molecule has 1 aromatic rings. The van der Waals surface area contributed by atoms with Gasteiger partial charge in [0.15, 0.2) is 5.96 Å². The molecule has 0 amide bonds. The number of rotatable bonds is 7. The summed E-state index contributed by atoms with van der Waals surface area (Å²) in [5, 5.41) is 6.80. The Balaban J connectivity index is 2.06. The third-order valence-corrected chi connectivity index (χ3v) is 4.75. The minimum absolute atomic E-state index is 0.295. The number of aliphatic imine (C=N–C) groups is 1. The zero-order chi connectivity index (χ0) is 18.9. The van der Waals surface area contributed by atoms with Gasteiger partial charge in [-0.3, -0.25) is 4.90 Å². The van der Waals surface area contributed by atoms with Gasteiger partial charge in [0.1, 0.15) is 0 Å². The molecule has 0 spiro atoms. The molecular formula is C21H36N4O. The first-order chi connectivity index (χ1) is 12.5. The second-order valence-corrected chi connectivity index (χ2v) is 7.37. The van der Waals surface area contributed by atoms with Crippen molar-refractivity contribution in [2.45, 2.75) is 72.4 Å².